The predicted molar refractivity (Wildman–Crippen MR) is 73.3 cm³/mol. The molecular formula is C12H13BrN4. The minimum atomic E-state index is 0.268. The summed E-state index contributed by atoms with van der Waals surface area (Å²) in [6.45, 7) is 3.98. The monoisotopic (exact) mass is 292 g/mol. The summed E-state index contributed by atoms with van der Waals surface area (Å²) < 4.78 is 1.03. The van der Waals surface area contributed by atoms with Gasteiger partial charge in [-0.3, -0.25) is 0 Å². The molecule has 0 aliphatic carbocycles. The van der Waals surface area contributed by atoms with Crippen molar-refractivity contribution < 1.29 is 0 Å². The molecule has 1 aromatic heterocycles. The predicted octanol–water partition coefficient (Wildman–Crippen LogP) is 3.18. The lowest BCUT2D eigenvalue weighted by Gasteiger charge is -2.09. The standard InChI is InChI=1S/C12H13BrN4/c1-7-3-9(13)5-10(4-7)16-11-8(2)6-15-12(14)17-11/h3-6H,1-2H3,(H3,14,15,16,17). The lowest BCUT2D eigenvalue weighted by Crippen LogP contribution is -2.02. The topological polar surface area (TPSA) is 63.8 Å². The highest BCUT2D eigenvalue weighted by molar-refractivity contribution is 9.10. The summed E-state index contributed by atoms with van der Waals surface area (Å²) in [6.07, 6.45) is 1.70. The molecule has 0 fully saturated rings. The highest BCUT2D eigenvalue weighted by atomic mass is 79.9. The van der Waals surface area contributed by atoms with Crippen LogP contribution in [-0.4, -0.2) is 9.97 Å². The number of nitrogens with one attached hydrogen (secondary N) is 1. The molecule has 0 amide bonds. The summed E-state index contributed by atoms with van der Waals surface area (Å²) in [5.74, 6) is 1.000. The third kappa shape index (κ3) is 2.94. The van der Waals surface area contributed by atoms with Crippen LogP contribution in [0.3, 0.4) is 0 Å². The van der Waals surface area contributed by atoms with Crippen molar-refractivity contribution in [3.8, 4) is 0 Å². The van der Waals surface area contributed by atoms with E-state index in [0.717, 1.165) is 21.5 Å². The largest absolute Gasteiger partial charge is 0.368 e. The van der Waals surface area contributed by atoms with Crippen LogP contribution in [0.5, 0.6) is 0 Å². The fourth-order valence-electron chi connectivity index (χ4n) is 1.53. The Morgan fingerprint density at radius 3 is 2.71 bits per heavy atom. The Balaban J connectivity index is 2.34. The number of nitrogens with two attached hydrogens (primary N) is 1. The van der Waals surface area contributed by atoms with Crippen molar-refractivity contribution >= 4 is 33.4 Å². The molecule has 3 N–H and O–H groups in total. The van der Waals surface area contributed by atoms with E-state index in [4.69, 9.17) is 5.73 Å². The smallest absolute Gasteiger partial charge is 0.221 e. The van der Waals surface area contributed by atoms with Crippen LogP contribution in [0.25, 0.3) is 0 Å². The number of aromatic nitrogens is 2. The van der Waals surface area contributed by atoms with Crippen LogP contribution in [-0.2, 0) is 0 Å². The molecule has 2 aromatic rings. The van der Waals surface area contributed by atoms with Gasteiger partial charge in [0.05, 0.1) is 0 Å². The van der Waals surface area contributed by atoms with Gasteiger partial charge in [-0.05, 0) is 37.6 Å². The van der Waals surface area contributed by atoms with Crippen LogP contribution in [0.4, 0.5) is 17.5 Å². The molecule has 0 aliphatic heterocycles. The summed E-state index contributed by atoms with van der Waals surface area (Å²) in [4.78, 5) is 8.10. The second kappa shape index (κ2) is 4.71. The minimum Gasteiger partial charge on any atom is -0.368 e. The van der Waals surface area contributed by atoms with Gasteiger partial charge in [-0.2, -0.15) is 4.98 Å². The Bertz CT molecular complexity index is 534. The number of anilines is 3. The van der Waals surface area contributed by atoms with Crippen LogP contribution in [0.2, 0.25) is 0 Å². The van der Waals surface area contributed by atoms with Crippen LogP contribution in [0.1, 0.15) is 11.1 Å². The Hall–Kier alpha value is -1.62. The fraction of sp³-hybridized carbons (Fsp3) is 0.167. The van der Waals surface area contributed by atoms with Gasteiger partial charge in [0.15, 0.2) is 0 Å². The lowest BCUT2D eigenvalue weighted by molar-refractivity contribution is 1.15. The van der Waals surface area contributed by atoms with Gasteiger partial charge in [0.25, 0.3) is 0 Å². The summed E-state index contributed by atoms with van der Waals surface area (Å²) in [5, 5.41) is 3.23. The first-order valence-electron chi connectivity index (χ1n) is 5.18. The molecule has 0 aliphatic rings. The number of benzene rings is 1. The van der Waals surface area contributed by atoms with Crippen molar-refractivity contribution in [2.45, 2.75) is 13.8 Å². The summed E-state index contributed by atoms with van der Waals surface area (Å²) >= 11 is 3.46. The Morgan fingerprint density at radius 2 is 2.00 bits per heavy atom. The average Bonchev–Trinajstić information content (AvgIpc) is 2.22. The average molecular weight is 293 g/mol. The van der Waals surface area contributed by atoms with Gasteiger partial charge in [0.2, 0.25) is 5.95 Å². The molecule has 88 valence electrons. The van der Waals surface area contributed by atoms with Gasteiger partial charge in [-0.25, -0.2) is 4.98 Å². The zero-order chi connectivity index (χ0) is 12.4. The van der Waals surface area contributed by atoms with E-state index in [1.165, 1.54) is 5.56 Å². The quantitative estimate of drug-likeness (QED) is 0.892. The van der Waals surface area contributed by atoms with Crippen molar-refractivity contribution in [1.29, 1.82) is 0 Å². The zero-order valence-corrected chi connectivity index (χ0v) is 11.2. The first-order valence-corrected chi connectivity index (χ1v) is 5.97. The molecule has 0 spiro atoms. The molecule has 0 radical (unpaired) electrons. The highest BCUT2D eigenvalue weighted by Gasteiger charge is 2.03. The van der Waals surface area contributed by atoms with E-state index in [-0.39, 0.29) is 5.95 Å². The molecule has 4 nitrogen and oxygen atoms in total. The third-order valence-electron chi connectivity index (χ3n) is 2.30. The van der Waals surface area contributed by atoms with Gasteiger partial charge >= 0.3 is 0 Å². The highest BCUT2D eigenvalue weighted by Crippen LogP contribution is 2.23. The summed E-state index contributed by atoms with van der Waals surface area (Å²) in [6, 6.07) is 6.08. The van der Waals surface area contributed by atoms with Gasteiger partial charge in [-0.1, -0.05) is 15.9 Å². The number of aryl methyl sites for hydroxylation is 2. The second-order valence-corrected chi connectivity index (χ2v) is 4.82. The normalized spacial score (nSPS) is 10.3. The Kier molecular flexibility index (Phi) is 3.28. The first-order chi connectivity index (χ1) is 8.04. The number of halogens is 1. The fourth-order valence-corrected chi connectivity index (χ4v) is 2.14. The molecule has 5 heteroatoms. The SMILES string of the molecule is Cc1cc(Br)cc(Nc2nc(N)ncc2C)c1. The maximum atomic E-state index is 5.57. The zero-order valence-electron chi connectivity index (χ0n) is 9.66. The molecule has 0 bridgehead atoms. The molecule has 0 saturated heterocycles. The molecule has 17 heavy (non-hydrogen) atoms. The van der Waals surface area contributed by atoms with Crippen LogP contribution >= 0.6 is 15.9 Å². The first kappa shape index (κ1) is 11.9. The molecule has 0 saturated carbocycles. The molecule has 1 aromatic carbocycles. The number of nitrogen functional groups attached to an aromatic ring is 1. The van der Waals surface area contributed by atoms with Crippen molar-refractivity contribution in [1.82, 2.24) is 9.97 Å². The third-order valence-corrected chi connectivity index (χ3v) is 2.75. The van der Waals surface area contributed by atoms with E-state index in [0.29, 0.717) is 0 Å². The van der Waals surface area contributed by atoms with E-state index in [1.807, 2.05) is 32.0 Å². The minimum absolute atomic E-state index is 0.268. The van der Waals surface area contributed by atoms with Crippen molar-refractivity contribution in [2.24, 2.45) is 0 Å². The summed E-state index contributed by atoms with van der Waals surface area (Å²) in [5.41, 5.74) is 8.66. The lowest BCUT2D eigenvalue weighted by atomic mass is 10.2. The van der Waals surface area contributed by atoms with Gasteiger partial charge in [0, 0.05) is 21.9 Å². The van der Waals surface area contributed by atoms with Crippen LogP contribution in [0.15, 0.2) is 28.9 Å². The summed E-state index contributed by atoms with van der Waals surface area (Å²) in [7, 11) is 0. The van der Waals surface area contributed by atoms with Crippen LogP contribution < -0.4 is 11.1 Å². The van der Waals surface area contributed by atoms with E-state index < -0.39 is 0 Å². The number of nitrogens with zero attached hydrogens (tertiary/aromatic N) is 2. The number of hydrogen-bond donors (Lipinski definition) is 2. The maximum absolute atomic E-state index is 5.57. The van der Waals surface area contributed by atoms with E-state index in [2.05, 4.69) is 31.2 Å². The second-order valence-electron chi connectivity index (χ2n) is 3.90. The molecule has 0 atom stereocenters. The maximum Gasteiger partial charge on any atom is 0.221 e. The van der Waals surface area contributed by atoms with E-state index in [1.54, 1.807) is 6.20 Å². The van der Waals surface area contributed by atoms with Crippen molar-refractivity contribution in [2.75, 3.05) is 11.1 Å². The van der Waals surface area contributed by atoms with Gasteiger partial charge < -0.3 is 11.1 Å². The Morgan fingerprint density at radius 1 is 1.24 bits per heavy atom. The Labute approximate surface area is 108 Å². The molecule has 2 rings (SSSR count). The molecule has 1 heterocycles. The van der Waals surface area contributed by atoms with Gasteiger partial charge in [-0.15, -0.1) is 0 Å². The van der Waals surface area contributed by atoms with Crippen LogP contribution in [0, 0.1) is 13.8 Å². The van der Waals surface area contributed by atoms with Gasteiger partial charge in [0.1, 0.15) is 5.82 Å². The van der Waals surface area contributed by atoms with Crippen molar-refractivity contribution in [3.63, 3.8) is 0 Å². The molecule has 0 unspecified atom stereocenters. The number of hydrogen-bond acceptors (Lipinski definition) is 4. The van der Waals surface area contributed by atoms with Crippen molar-refractivity contribution in [3.05, 3.63) is 40.0 Å². The van der Waals surface area contributed by atoms with E-state index >= 15 is 0 Å². The number of rotatable bonds is 2. The molecular weight excluding hydrogens is 280 g/mol. The van der Waals surface area contributed by atoms with E-state index in [9.17, 15) is 0 Å².